The van der Waals surface area contributed by atoms with Crippen LogP contribution in [0.15, 0.2) is 54.6 Å². The Balaban J connectivity index is 1.80. The van der Waals surface area contributed by atoms with Gasteiger partial charge in [-0.15, -0.1) is 0 Å². The van der Waals surface area contributed by atoms with Crippen LogP contribution < -0.4 is 0 Å². The number of carbonyl (C=O) groups is 1. The van der Waals surface area contributed by atoms with Crippen LogP contribution in [0.25, 0.3) is 10.9 Å². The minimum absolute atomic E-state index is 0.0914. The minimum atomic E-state index is -0.306. The second kappa shape index (κ2) is 5.02. The van der Waals surface area contributed by atoms with Gasteiger partial charge < -0.3 is 0 Å². The summed E-state index contributed by atoms with van der Waals surface area (Å²) in [7, 11) is 0. The van der Waals surface area contributed by atoms with Crippen molar-refractivity contribution in [3.8, 4) is 0 Å². The summed E-state index contributed by atoms with van der Waals surface area (Å²) in [4.78, 5) is 17.1. The number of ketones is 1. The molecule has 3 heteroatoms. The van der Waals surface area contributed by atoms with Crippen molar-refractivity contribution in [2.75, 3.05) is 0 Å². The molecular weight excluding hydrogens is 277 g/mol. The molecule has 0 spiro atoms. The van der Waals surface area contributed by atoms with E-state index in [-0.39, 0.29) is 17.5 Å². The molecule has 3 aromatic rings. The third-order valence-corrected chi connectivity index (χ3v) is 4.30. The van der Waals surface area contributed by atoms with E-state index in [0.717, 1.165) is 17.6 Å². The van der Waals surface area contributed by atoms with E-state index in [2.05, 4.69) is 17.1 Å². The number of halogens is 1. The number of benzene rings is 2. The van der Waals surface area contributed by atoms with Gasteiger partial charge in [-0.2, -0.15) is 0 Å². The number of aromatic nitrogens is 1. The maximum Gasteiger partial charge on any atom is 0.165 e. The molecule has 108 valence electrons. The van der Waals surface area contributed by atoms with E-state index in [0.29, 0.717) is 17.4 Å². The molecule has 1 atom stereocenters. The lowest BCUT2D eigenvalue weighted by Gasteiger charge is -2.23. The van der Waals surface area contributed by atoms with Crippen LogP contribution in [0.1, 0.15) is 34.0 Å². The Bertz CT molecular complexity index is 873. The number of carbonyl (C=O) groups excluding carboxylic acids is 1. The van der Waals surface area contributed by atoms with Crippen molar-refractivity contribution < 1.29 is 9.18 Å². The third-order valence-electron chi connectivity index (χ3n) is 4.30. The Morgan fingerprint density at radius 3 is 2.64 bits per heavy atom. The zero-order valence-electron chi connectivity index (χ0n) is 11.9. The van der Waals surface area contributed by atoms with Crippen molar-refractivity contribution in [1.29, 1.82) is 0 Å². The largest absolute Gasteiger partial charge is 0.294 e. The van der Waals surface area contributed by atoms with Crippen molar-refractivity contribution >= 4 is 16.7 Å². The van der Waals surface area contributed by atoms with Crippen molar-refractivity contribution in [2.45, 2.75) is 18.8 Å². The summed E-state index contributed by atoms with van der Waals surface area (Å²) in [6.45, 7) is 0. The molecule has 0 aliphatic heterocycles. The van der Waals surface area contributed by atoms with Crippen LogP contribution in [0.5, 0.6) is 0 Å². The molecule has 1 heterocycles. The van der Waals surface area contributed by atoms with Crippen molar-refractivity contribution in [3.05, 3.63) is 77.2 Å². The molecule has 0 bridgehead atoms. The SMILES string of the molecule is O=C1CC(c2ccccc2)Cc2nc3ccc(F)cc3cc21. The third kappa shape index (κ3) is 2.19. The Labute approximate surface area is 127 Å². The van der Waals surface area contributed by atoms with Crippen LogP contribution >= 0.6 is 0 Å². The monoisotopic (exact) mass is 291 g/mol. The predicted octanol–water partition coefficient (Wildman–Crippen LogP) is 4.29. The van der Waals surface area contributed by atoms with Gasteiger partial charge in [0.2, 0.25) is 0 Å². The molecule has 1 aliphatic carbocycles. The molecule has 2 aromatic carbocycles. The van der Waals surface area contributed by atoms with Crippen LogP contribution in [0.4, 0.5) is 4.39 Å². The molecule has 0 fully saturated rings. The number of rotatable bonds is 1. The maximum atomic E-state index is 13.3. The highest BCUT2D eigenvalue weighted by molar-refractivity contribution is 6.01. The summed E-state index contributed by atoms with van der Waals surface area (Å²) in [5.74, 6) is -0.0416. The van der Waals surface area contributed by atoms with Gasteiger partial charge in [-0.3, -0.25) is 9.78 Å². The van der Waals surface area contributed by atoms with Crippen LogP contribution in [-0.4, -0.2) is 10.8 Å². The zero-order valence-corrected chi connectivity index (χ0v) is 11.9. The van der Waals surface area contributed by atoms with Crippen molar-refractivity contribution in [2.24, 2.45) is 0 Å². The molecule has 1 unspecified atom stereocenters. The molecule has 2 nitrogen and oxygen atoms in total. The molecule has 0 saturated heterocycles. The van der Waals surface area contributed by atoms with Gasteiger partial charge in [0.1, 0.15) is 5.82 Å². The highest BCUT2D eigenvalue weighted by Gasteiger charge is 2.27. The smallest absolute Gasteiger partial charge is 0.165 e. The minimum Gasteiger partial charge on any atom is -0.294 e. The van der Waals surface area contributed by atoms with E-state index in [1.807, 2.05) is 18.2 Å². The fourth-order valence-corrected chi connectivity index (χ4v) is 3.18. The van der Waals surface area contributed by atoms with Gasteiger partial charge in [-0.25, -0.2) is 4.39 Å². The number of fused-ring (bicyclic) bond motifs is 2. The van der Waals surface area contributed by atoms with E-state index in [9.17, 15) is 9.18 Å². The average molecular weight is 291 g/mol. The van der Waals surface area contributed by atoms with E-state index >= 15 is 0 Å². The number of nitrogens with zero attached hydrogens (tertiary/aromatic N) is 1. The van der Waals surface area contributed by atoms with Crippen LogP contribution in [-0.2, 0) is 6.42 Å². The molecule has 0 N–H and O–H groups in total. The molecule has 0 radical (unpaired) electrons. The van der Waals surface area contributed by atoms with Gasteiger partial charge in [0.25, 0.3) is 0 Å². The zero-order chi connectivity index (χ0) is 15.1. The van der Waals surface area contributed by atoms with Crippen molar-refractivity contribution in [3.63, 3.8) is 0 Å². The second-order valence-electron chi connectivity index (χ2n) is 5.76. The molecule has 0 amide bonds. The fourth-order valence-electron chi connectivity index (χ4n) is 3.18. The molecule has 0 saturated carbocycles. The first-order chi connectivity index (χ1) is 10.7. The van der Waals surface area contributed by atoms with E-state index in [1.165, 1.54) is 17.7 Å². The maximum absolute atomic E-state index is 13.3. The first-order valence-corrected chi connectivity index (χ1v) is 7.38. The summed E-state index contributed by atoms with van der Waals surface area (Å²) in [5.41, 5.74) is 3.37. The van der Waals surface area contributed by atoms with E-state index < -0.39 is 0 Å². The van der Waals surface area contributed by atoms with Crippen LogP contribution in [0.3, 0.4) is 0 Å². The highest BCUT2D eigenvalue weighted by atomic mass is 19.1. The summed E-state index contributed by atoms with van der Waals surface area (Å²) in [6.07, 6.45) is 1.23. The normalized spacial score (nSPS) is 17.5. The Morgan fingerprint density at radius 1 is 1.00 bits per heavy atom. The lowest BCUT2D eigenvalue weighted by atomic mass is 9.81. The van der Waals surface area contributed by atoms with Gasteiger partial charge in [-0.1, -0.05) is 30.3 Å². The Hall–Kier alpha value is -2.55. The number of Topliss-reactive ketones (excluding diaryl/α,β-unsaturated/α-hetero) is 1. The predicted molar refractivity (Wildman–Crippen MR) is 83.5 cm³/mol. The first kappa shape index (κ1) is 13.1. The fraction of sp³-hybridized carbons (Fsp3) is 0.158. The molecular formula is C19H14FNO. The Morgan fingerprint density at radius 2 is 1.82 bits per heavy atom. The first-order valence-electron chi connectivity index (χ1n) is 7.38. The standard InChI is InChI=1S/C19H14FNO/c20-15-6-7-17-14(8-15)9-16-18(21-17)10-13(11-19(16)22)12-4-2-1-3-5-12/h1-9,13H,10-11H2. The lowest BCUT2D eigenvalue weighted by Crippen LogP contribution is -2.20. The van der Waals surface area contributed by atoms with Gasteiger partial charge in [-0.05, 0) is 42.2 Å². The molecule has 1 aromatic heterocycles. The lowest BCUT2D eigenvalue weighted by molar-refractivity contribution is 0.0963. The van der Waals surface area contributed by atoms with Gasteiger partial charge in [0.15, 0.2) is 5.78 Å². The Kier molecular flexibility index (Phi) is 3.00. The molecule has 22 heavy (non-hydrogen) atoms. The van der Waals surface area contributed by atoms with Crippen molar-refractivity contribution in [1.82, 2.24) is 4.98 Å². The number of pyridine rings is 1. The average Bonchev–Trinajstić information content (AvgIpc) is 2.54. The van der Waals surface area contributed by atoms with Gasteiger partial charge in [0, 0.05) is 17.4 Å². The van der Waals surface area contributed by atoms with E-state index in [4.69, 9.17) is 0 Å². The number of hydrogen-bond donors (Lipinski definition) is 0. The summed E-state index contributed by atoms with van der Waals surface area (Å²) in [6, 6.07) is 16.4. The summed E-state index contributed by atoms with van der Waals surface area (Å²) in [5, 5.41) is 0.685. The topological polar surface area (TPSA) is 30.0 Å². The summed E-state index contributed by atoms with van der Waals surface area (Å²) >= 11 is 0. The molecule has 1 aliphatic rings. The second-order valence-corrected chi connectivity index (χ2v) is 5.76. The highest BCUT2D eigenvalue weighted by Crippen LogP contribution is 2.33. The summed E-state index contributed by atoms with van der Waals surface area (Å²) < 4.78 is 13.3. The van der Waals surface area contributed by atoms with Crippen LogP contribution in [0, 0.1) is 5.82 Å². The van der Waals surface area contributed by atoms with Gasteiger partial charge in [0.05, 0.1) is 11.2 Å². The molecule has 4 rings (SSSR count). The number of hydrogen-bond acceptors (Lipinski definition) is 2. The van der Waals surface area contributed by atoms with Gasteiger partial charge >= 0.3 is 0 Å². The van der Waals surface area contributed by atoms with Crippen LogP contribution in [0.2, 0.25) is 0 Å². The van der Waals surface area contributed by atoms with E-state index in [1.54, 1.807) is 12.1 Å². The quantitative estimate of drug-likeness (QED) is 0.669.